The molecule has 26 heavy (non-hydrogen) atoms. The fraction of sp³-hybridized carbons (Fsp3) is 0.174. The lowest BCUT2D eigenvalue weighted by Crippen LogP contribution is -2.14. The van der Waals surface area contributed by atoms with Crippen LogP contribution < -0.4 is 9.64 Å². The monoisotopic (exact) mass is 342 g/mol. The summed E-state index contributed by atoms with van der Waals surface area (Å²) in [6, 6.07) is 25.1. The van der Waals surface area contributed by atoms with Gasteiger partial charge in [-0.1, -0.05) is 36.4 Å². The lowest BCUT2D eigenvalue weighted by molar-refractivity contribution is 0.340. The Labute approximate surface area is 154 Å². The number of nitrogens with zero attached hydrogens (tertiary/aromatic N) is 2. The second-order valence-corrected chi connectivity index (χ2v) is 6.40. The van der Waals surface area contributed by atoms with E-state index in [4.69, 9.17) is 4.74 Å². The van der Waals surface area contributed by atoms with Crippen LogP contribution in [-0.2, 0) is 13.1 Å². The highest BCUT2D eigenvalue weighted by Crippen LogP contribution is 2.28. The van der Waals surface area contributed by atoms with Crippen LogP contribution in [0.2, 0.25) is 0 Å². The van der Waals surface area contributed by atoms with E-state index >= 15 is 0 Å². The van der Waals surface area contributed by atoms with Crippen LogP contribution in [0.1, 0.15) is 23.6 Å². The lowest BCUT2D eigenvalue weighted by Gasteiger charge is -2.17. The first-order valence-electron chi connectivity index (χ1n) is 9.00. The molecule has 0 atom stereocenters. The molecule has 1 aliphatic heterocycles. The molecule has 130 valence electrons. The van der Waals surface area contributed by atoms with E-state index in [1.54, 1.807) is 0 Å². The second-order valence-electron chi connectivity index (χ2n) is 6.40. The van der Waals surface area contributed by atoms with Gasteiger partial charge in [0.2, 0.25) is 0 Å². The molecule has 0 fully saturated rings. The van der Waals surface area contributed by atoms with E-state index in [0.29, 0.717) is 6.61 Å². The molecule has 1 heterocycles. The number of hydrogen-bond donors (Lipinski definition) is 0. The van der Waals surface area contributed by atoms with E-state index in [2.05, 4.69) is 58.4 Å². The molecular formula is C23H22N2O. The Morgan fingerprint density at radius 3 is 2.15 bits per heavy atom. The first-order chi connectivity index (χ1) is 12.8. The zero-order chi connectivity index (χ0) is 17.8. The Kier molecular flexibility index (Phi) is 4.69. The van der Waals surface area contributed by atoms with Gasteiger partial charge < -0.3 is 9.64 Å². The number of anilines is 1. The molecule has 4 rings (SSSR count). The summed E-state index contributed by atoms with van der Waals surface area (Å²) in [7, 11) is 0. The van der Waals surface area contributed by atoms with Gasteiger partial charge in [-0.15, -0.1) is 0 Å². The summed E-state index contributed by atoms with van der Waals surface area (Å²) in [6.07, 6.45) is 1.90. The van der Waals surface area contributed by atoms with Gasteiger partial charge in [-0.05, 0) is 60.0 Å². The van der Waals surface area contributed by atoms with Crippen molar-refractivity contribution in [1.29, 1.82) is 0 Å². The minimum Gasteiger partial charge on any atom is -0.494 e. The Morgan fingerprint density at radius 2 is 1.54 bits per heavy atom. The van der Waals surface area contributed by atoms with Crippen molar-refractivity contribution in [3.8, 4) is 5.75 Å². The predicted octanol–water partition coefficient (Wildman–Crippen LogP) is 5.36. The fourth-order valence-corrected chi connectivity index (χ4v) is 3.23. The molecule has 0 bridgehead atoms. The maximum Gasteiger partial charge on any atom is 0.119 e. The number of ether oxygens (including phenoxy) is 1. The maximum absolute atomic E-state index is 5.45. The largest absolute Gasteiger partial charge is 0.494 e. The van der Waals surface area contributed by atoms with E-state index in [9.17, 15) is 0 Å². The summed E-state index contributed by atoms with van der Waals surface area (Å²) in [5.41, 5.74) is 6.12. The Morgan fingerprint density at radius 1 is 0.885 bits per heavy atom. The van der Waals surface area contributed by atoms with Crippen molar-refractivity contribution < 1.29 is 4.74 Å². The van der Waals surface area contributed by atoms with Crippen molar-refractivity contribution in [2.45, 2.75) is 20.0 Å². The van der Waals surface area contributed by atoms with Crippen molar-refractivity contribution in [2.24, 2.45) is 4.99 Å². The maximum atomic E-state index is 5.45. The molecule has 0 radical (unpaired) electrons. The van der Waals surface area contributed by atoms with Gasteiger partial charge in [0.05, 0.1) is 12.3 Å². The SMILES string of the molecule is CCOc1ccc(N=Cc2ccc(N3Cc4ccccc4C3)cc2)cc1. The lowest BCUT2D eigenvalue weighted by atomic mass is 10.1. The number of benzene rings is 3. The number of hydrogen-bond acceptors (Lipinski definition) is 3. The third kappa shape index (κ3) is 3.62. The molecule has 0 amide bonds. The third-order valence-electron chi connectivity index (χ3n) is 4.61. The van der Waals surface area contributed by atoms with E-state index in [0.717, 1.165) is 30.1 Å². The molecule has 0 aliphatic carbocycles. The van der Waals surface area contributed by atoms with Gasteiger partial charge in [0, 0.05) is 25.0 Å². The summed E-state index contributed by atoms with van der Waals surface area (Å²) in [5, 5.41) is 0. The van der Waals surface area contributed by atoms with Gasteiger partial charge in [-0.3, -0.25) is 4.99 Å². The third-order valence-corrected chi connectivity index (χ3v) is 4.61. The van der Waals surface area contributed by atoms with Gasteiger partial charge in [-0.2, -0.15) is 0 Å². The van der Waals surface area contributed by atoms with Crippen molar-refractivity contribution >= 4 is 17.6 Å². The average Bonchev–Trinajstić information content (AvgIpc) is 3.12. The molecule has 0 aromatic heterocycles. The Hall–Kier alpha value is -3.07. The minimum absolute atomic E-state index is 0.678. The summed E-state index contributed by atoms with van der Waals surface area (Å²) in [5.74, 6) is 0.877. The molecule has 0 N–H and O–H groups in total. The highest BCUT2D eigenvalue weighted by Gasteiger charge is 2.18. The topological polar surface area (TPSA) is 24.8 Å². The zero-order valence-electron chi connectivity index (χ0n) is 14.9. The first-order valence-corrected chi connectivity index (χ1v) is 9.00. The molecular weight excluding hydrogens is 320 g/mol. The van der Waals surface area contributed by atoms with Gasteiger partial charge in [0.15, 0.2) is 0 Å². The van der Waals surface area contributed by atoms with Gasteiger partial charge in [0.1, 0.15) is 5.75 Å². The van der Waals surface area contributed by atoms with Crippen LogP contribution in [0.4, 0.5) is 11.4 Å². The average molecular weight is 342 g/mol. The highest BCUT2D eigenvalue weighted by molar-refractivity contribution is 5.82. The minimum atomic E-state index is 0.678. The summed E-state index contributed by atoms with van der Waals surface area (Å²) >= 11 is 0. The molecule has 0 saturated carbocycles. The van der Waals surface area contributed by atoms with Crippen LogP contribution in [-0.4, -0.2) is 12.8 Å². The second kappa shape index (κ2) is 7.44. The summed E-state index contributed by atoms with van der Waals surface area (Å²) < 4.78 is 5.45. The molecule has 0 unspecified atom stereocenters. The van der Waals surface area contributed by atoms with Crippen LogP contribution >= 0.6 is 0 Å². The quantitative estimate of drug-likeness (QED) is 0.583. The highest BCUT2D eigenvalue weighted by atomic mass is 16.5. The number of rotatable bonds is 5. The molecule has 3 aromatic carbocycles. The molecule has 0 saturated heterocycles. The molecule has 3 aromatic rings. The van der Waals surface area contributed by atoms with E-state index in [1.165, 1.54) is 16.8 Å². The zero-order valence-corrected chi connectivity index (χ0v) is 14.9. The smallest absolute Gasteiger partial charge is 0.119 e. The van der Waals surface area contributed by atoms with Crippen molar-refractivity contribution in [1.82, 2.24) is 0 Å². The van der Waals surface area contributed by atoms with Crippen molar-refractivity contribution in [3.05, 3.63) is 89.5 Å². The van der Waals surface area contributed by atoms with Crippen LogP contribution in [0, 0.1) is 0 Å². The van der Waals surface area contributed by atoms with Crippen LogP contribution in [0.3, 0.4) is 0 Å². The van der Waals surface area contributed by atoms with E-state index < -0.39 is 0 Å². The van der Waals surface area contributed by atoms with Gasteiger partial charge in [-0.25, -0.2) is 0 Å². The van der Waals surface area contributed by atoms with Crippen LogP contribution in [0.15, 0.2) is 77.8 Å². The van der Waals surface area contributed by atoms with Crippen LogP contribution in [0.25, 0.3) is 0 Å². The van der Waals surface area contributed by atoms with Crippen LogP contribution in [0.5, 0.6) is 5.75 Å². The van der Waals surface area contributed by atoms with E-state index in [-0.39, 0.29) is 0 Å². The Balaban J connectivity index is 1.42. The molecule has 0 spiro atoms. The standard InChI is InChI=1S/C23H22N2O/c1-2-26-23-13-9-21(10-14-23)24-15-18-7-11-22(12-8-18)25-16-19-5-3-4-6-20(19)17-25/h3-15H,2,16-17H2,1H3. The normalized spacial score (nSPS) is 13.2. The van der Waals surface area contributed by atoms with Gasteiger partial charge in [0.25, 0.3) is 0 Å². The molecule has 3 nitrogen and oxygen atoms in total. The number of fused-ring (bicyclic) bond motifs is 1. The Bertz CT molecular complexity index is 873. The summed E-state index contributed by atoms with van der Waals surface area (Å²) in [6.45, 7) is 4.62. The molecule has 3 heteroatoms. The van der Waals surface area contributed by atoms with E-state index in [1.807, 2.05) is 37.4 Å². The van der Waals surface area contributed by atoms with Gasteiger partial charge >= 0.3 is 0 Å². The van der Waals surface area contributed by atoms with Crippen molar-refractivity contribution in [2.75, 3.05) is 11.5 Å². The molecule has 1 aliphatic rings. The number of aliphatic imine (C=N–C) groups is 1. The predicted molar refractivity (Wildman–Crippen MR) is 108 cm³/mol. The van der Waals surface area contributed by atoms with Crippen molar-refractivity contribution in [3.63, 3.8) is 0 Å². The fourth-order valence-electron chi connectivity index (χ4n) is 3.23. The summed E-state index contributed by atoms with van der Waals surface area (Å²) in [4.78, 5) is 6.94. The first kappa shape index (κ1) is 16.4.